The van der Waals surface area contributed by atoms with E-state index in [4.69, 9.17) is 27.8 Å². The van der Waals surface area contributed by atoms with Crippen molar-refractivity contribution in [2.24, 2.45) is 11.5 Å². The van der Waals surface area contributed by atoms with Crippen molar-refractivity contribution in [3.8, 4) is 11.5 Å². The Bertz CT molecular complexity index is 2820. The number of rotatable bonds is 22. The number of hydrogen-bond donors (Lipinski definition) is 13. The second-order valence-electron chi connectivity index (χ2n) is 20.6. The number of primary amides is 1. The molecular weight excluding hydrogens is 1140 g/mol. The molecule has 15 N–H and O–H groups in total. The van der Waals surface area contributed by atoms with Gasteiger partial charge in [-0.2, -0.15) is 0 Å². The molecule has 6 rings (SSSR count). The SMILES string of the molecule is CC(O)C1NC(=O)[C@H](CCCCN)NC(=O)[C@@H](Cc2ccc(NCCN3CCOCC3)cc2)NC(=O)[C@H](Cc2ccc(O)cc2)NC(=O)[C@H](NC(=O)CCc2ccc(Cl)cc2)CSSC[C@@H](C(=O)N[C@H](Cc2ccc(O)cc2)C(N)=O)NC1=O. The lowest BCUT2D eigenvalue weighted by Gasteiger charge is -2.29. The van der Waals surface area contributed by atoms with Gasteiger partial charge in [0.05, 0.1) is 19.3 Å². The number of nitrogens with one attached hydrogen (secondary N) is 8. The average Bonchev–Trinajstić information content (AvgIpc) is 3.68. The minimum Gasteiger partial charge on any atom is -0.508 e. The number of anilines is 1. The zero-order valence-corrected chi connectivity index (χ0v) is 49.1. The predicted molar refractivity (Wildman–Crippen MR) is 322 cm³/mol. The van der Waals surface area contributed by atoms with E-state index in [1.807, 2.05) is 12.1 Å². The van der Waals surface area contributed by atoms with Crippen LogP contribution in [0.4, 0.5) is 5.69 Å². The molecule has 8 atom stereocenters. The minimum atomic E-state index is -1.72. The lowest BCUT2D eigenvalue weighted by molar-refractivity contribution is -0.136. The summed E-state index contributed by atoms with van der Waals surface area (Å²) in [5, 5.41) is 53.9. The van der Waals surface area contributed by atoms with Crippen LogP contribution in [0.15, 0.2) is 97.1 Å². The van der Waals surface area contributed by atoms with Crippen LogP contribution in [-0.2, 0) is 68.8 Å². The number of nitrogens with zero attached hydrogens (tertiary/aromatic N) is 1. The van der Waals surface area contributed by atoms with Crippen molar-refractivity contribution >= 4 is 86.1 Å². The first-order valence-electron chi connectivity index (χ1n) is 27.8. The van der Waals surface area contributed by atoms with Crippen LogP contribution in [0, 0.1) is 0 Å². The van der Waals surface area contributed by atoms with E-state index in [2.05, 4.69) is 47.4 Å². The van der Waals surface area contributed by atoms with Crippen molar-refractivity contribution in [2.75, 3.05) is 62.8 Å². The average molecular weight is 1220 g/mol. The van der Waals surface area contributed by atoms with E-state index in [0.29, 0.717) is 54.3 Å². The van der Waals surface area contributed by atoms with Crippen LogP contribution in [0.3, 0.4) is 0 Å². The Morgan fingerprint density at radius 1 is 0.702 bits per heavy atom. The predicted octanol–water partition coefficient (Wildman–Crippen LogP) is 0.940. The first-order valence-corrected chi connectivity index (χ1v) is 30.7. The number of amides is 8. The lowest BCUT2D eigenvalue weighted by Crippen LogP contribution is -2.62. The van der Waals surface area contributed by atoms with Gasteiger partial charge in [-0.05, 0) is 110 Å². The summed E-state index contributed by atoms with van der Waals surface area (Å²) in [6, 6.07) is 15.9. The molecule has 0 aliphatic carbocycles. The Balaban J connectivity index is 1.35. The van der Waals surface area contributed by atoms with Gasteiger partial charge < -0.3 is 74.1 Å². The van der Waals surface area contributed by atoms with Gasteiger partial charge in [0.1, 0.15) is 53.8 Å². The number of aromatic hydroxyl groups is 2. The molecule has 2 fully saturated rings. The zero-order chi connectivity index (χ0) is 60.5. The van der Waals surface area contributed by atoms with E-state index in [0.717, 1.165) is 52.5 Å². The summed E-state index contributed by atoms with van der Waals surface area (Å²) < 4.78 is 5.46. The molecule has 2 aliphatic heterocycles. The van der Waals surface area contributed by atoms with E-state index in [9.17, 15) is 53.7 Å². The summed E-state index contributed by atoms with van der Waals surface area (Å²) in [6.07, 6.45) is -0.990. The number of carbonyl (C=O) groups excluding carboxylic acids is 8. The minimum absolute atomic E-state index is 0.00478. The molecular formula is C58H76ClN11O12S2. The third-order valence-corrected chi connectivity index (χ3v) is 16.6. The fourth-order valence-corrected chi connectivity index (χ4v) is 11.6. The number of halogens is 1. The molecule has 454 valence electrons. The highest BCUT2D eigenvalue weighted by molar-refractivity contribution is 8.76. The second kappa shape index (κ2) is 34.0. The molecule has 2 aliphatic rings. The van der Waals surface area contributed by atoms with E-state index >= 15 is 0 Å². The number of phenolic OH excluding ortho intramolecular Hbond substituents is 2. The molecule has 4 aromatic carbocycles. The van der Waals surface area contributed by atoms with E-state index in [-0.39, 0.29) is 68.1 Å². The van der Waals surface area contributed by atoms with Gasteiger partial charge >= 0.3 is 0 Å². The summed E-state index contributed by atoms with van der Waals surface area (Å²) >= 11 is 6.09. The fourth-order valence-electron chi connectivity index (χ4n) is 9.10. The maximum absolute atomic E-state index is 14.9. The maximum Gasteiger partial charge on any atom is 0.245 e. The monoisotopic (exact) mass is 1220 g/mol. The lowest BCUT2D eigenvalue weighted by atomic mass is 10.0. The largest absolute Gasteiger partial charge is 0.508 e. The first kappa shape index (κ1) is 66.0. The summed E-state index contributed by atoms with van der Waals surface area (Å²) in [6.45, 7) is 5.92. The van der Waals surface area contributed by atoms with Crippen molar-refractivity contribution in [3.63, 3.8) is 0 Å². The normalized spacial score (nSPS) is 21.5. The van der Waals surface area contributed by atoms with Crippen molar-refractivity contribution in [3.05, 3.63) is 124 Å². The smallest absolute Gasteiger partial charge is 0.245 e. The van der Waals surface area contributed by atoms with Crippen LogP contribution in [0.1, 0.15) is 54.9 Å². The van der Waals surface area contributed by atoms with Crippen LogP contribution in [0.25, 0.3) is 0 Å². The highest BCUT2D eigenvalue weighted by Crippen LogP contribution is 2.25. The molecule has 2 heterocycles. The van der Waals surface area contributed by atoms with Gasteiger partial charge in [-0.15, -0.1) is 0 Å². The van der Waals surface area contributed by atoms with E-state index in [1.54, 1.807) is 48.5 Å². The van der Waals surface area contributed by atoms with Crippen molar-refractivity contribution in [1.82, 2.24) is 42.1 Å². The summed E-state index contributed by atoms with van der Waals surface area (Å²) in [5.74, 6) is -7.21. The fraction of sp³-hybridized carbons (Fsp3) is 0.448. The number of nitrogens with two attached hydrogens (primary N) is 2. The third-order valence-electron chi connectivity index (χ3n) is 14.0. The molecule has 23 nitrogen and oxygen atoms in total. The molecule has 0 aromatic heterocycles. The first-order chi connectivity index (χ1) is 40.3. The van der Waals surface area contributed by atoms with E-state index in [1.165, 1.54) is 43.3 Å². The number of benzene rings is 4. The Labute approximate surface area is 501 Å². The topological polar surface area (TPSA) is 358 Å². The van der Waals surface area contributed by atoms with E-state index < -0.39 is 95.7 Å². The number of unbranched alkanes of at least 4 members (excludes halogenated alkanes) is 1. The van der Waals surface area contributed by atoms with Crippen LogP contribution in [0.2, 0.25) is 5.02 Å². The Morgan fingerprint density at radius 3 is 1.85 bits per heavy atom. The second-order valence-corrected chi connectivity index (χ2v) is 23.5. The molecule has 0 saturated carbocycles. The molecule has 0 radical (unpaired) electrons. The number of aryl methyl sites for hydroxylation is 1. The Kier molecular flexibility index (Phi) is 26.7. The van der Waals surface area contributed by atoms with Crippen LogP contribution in [-0.4, -0.2) is 173 Å². The van der Waals surface area contributed by atoms with Crippen molar-refractivity contribution in [1.29, 1.82) is 0 Å². The van der Waals surface area contributed by atoms with Crippen molar-refractivity contribution in [2.45, 2.75) is 107 Å². The number of aliphatic hydroxyl groups is 1. The highest BCUT2D eigenvalue weighted by atomic mass is 35.5. The quantitative estimate of drug-likeness (QED) is 0.0385. The van der Waals surface area contributed by atoms with Gasteiger partial charge in [-0.25, -0.2) is 0 Å². The number of hydrogen-bond acceptors (Lipinski definition) is 17. The standard InChI is InChI=1S/C58H76ClN11O12S2/c1-35(71)51-58(81)68-49(57(80)65-45(52(61)75)30-38-9-18-42(72)19-10-38)34-84-83-33-48(63-50(74)22-13-36-5-14-40(59)15-6-36)56(79)67-47(32-39-11-20-43(73)21-12-39)55(78)66-46(54(77)64-44(53(76)69-51)4-2-3-23-60)31-37-7-16-41(17-8-37)62-24-25-70-26-28-82-29-27-70/h5-12,14-21,35,44-49,51,62,71-73H,2-4,13,22-34,60H2,1H3,(H2,61,75)(H,63,74)(H,64,77)(H,65,80)(H,66,78)(H,67,79)(H,68,81)(H,69,76)/t35?,44-,45+,46+,47-,48+,49-,51?/m0/s1. The number of carbonyl (C=O) groups is 8. The number of ether oxygens (including phenoxy) is 1. The maximum atomic E-state index is 14.9. The molecule has 2 unspecified atom stereocenters. The van der Waals surface area contributed by atoms with Gasteiger partial charge in [0.25, 0.3) is 0 Å². The molecule has 8 amide bonds. The Morgan fingerprint density at radius 2 is 1.25 bits per heavy atom. The molecule has 2 saturated heterocycles. The molecule has 26 heteroatoms. The molecule has 0 bridgehead atoms. The van der Waals surface area contributed by atoms with Gasteiger partial charge in [0, 0.05) is 74.1 Å². The molecule has 0 spiro atoms. The summed E-state index contributed by atoms with van der Waals surface area (Å²) in [7, 11) is 2.02. The van der Waals surface area contributed by atoms with Gasteiger partial charge in [0.2, 0.25) is 47.3 Å². The Hall–Kier alpha value is -7.13. The molecule has 4 aromatic rings. The number of phenols is 2. The highest BCUT2D eigenvalue weighted by Gasteiger charge is 2.36. The number of morpholine rings is 1. The van der Waals surface area contributed by atoms with Crippen LogP contribution in [0.5, 0.6) is 11.5 Å². The van der Waals surface area contributed by atoms with Crippen LogP contribution >= 0.6 is 33.2 Å². The summed E-state index contributed by atoms with van der Waals surface area (Å²) in [5.41, 5.74) is 14.8. The zero-order valence-electron chi connectivity index (χ0n) is 46.7. The third kappa shape index (κ3) is 22.1. The molecule has 84 heavy (non-hydrogen) atoms. The van der Waals surface area contributed by atoms with Gasteiger partial charge in [-0.1, -0.05) is 81.7 Å². The van der Waals surface area contributed by atoms with Crippen LogP contribution < -0.4 is 54.0 Å². The number of aliphatic hydroxyl groups excluding tert-OH is 1. The van der Waals surface area contributed by atoms with Crippen molar-refractivity contribution < 1.29 is 58.4 Å². The van der Waals surface area contributed by atoms with Gasteiger partial charge in [-0.3, -0.25) is 43.3 Å². The van der Waals surface area contributed by atoms with Gasteiger partial charge in [0.15, 0.2) is 0 Å². The summed E-state index contributed by atoms with van der Waals surface area (Å²) in [4.78, 5) is 116.